The largest absolute Gasteiger partial charge is 0.459 e. The van der Waals surface area contributed by atoms with Gasteiger partial charge in [0.25, 0.3) is 0 Å². The molecule has 0 fully saturated rings. The molecule has 0 radical (unpaired) electrons. The monoisotopic (exact) mass is 560 g/mol. The van der Waals surface area contributed by atoms with Gasteiger partial charge in [-0.15, -0.1) is 0 Å². The summed E-state index contributed by atoms with van der Waals surface area (Å²) in [6.45, 7) is 5.29. The van der Waals surface area contributed by atoms with Crippen LogP contribution >= 0.6 is 0 Å². The summed E-state index contributed by atoms with van der Waals surface area (Å²) >= 11 is 0. The number of carbonyl (C=O) groups is 3. The average molecular weight is 561 g/mol. The second-order valence-corrected chi connectivity index (χ2v) is 10.7. The number of hydrogen-bond donors (Lipinski definition) is 1. The van der Waals surface area contributed by atoms with Gasteiger partial charge in [0.15, 0.2) is 0 Å². The molecule has 0 aliphatic heterocycles. The van der Waals surface area contributed by atoms with E-state index in [-0.39, 0.29) is 32.1 Å². The Balaban J connectivity index is 1.42. The highest BCUT2D eigenvalue weighted by atomic mass is 16.7. The fourth-order valence-corrected chi connectivity index (χ4v) is 4.68. The van der Waals surface area contributed by atoms with Crippen LogP contribution < -0.4 is 5.32 Å². The number of hydrogen-bond acceptors (Lipinski definition) is 7. The van der Waals surface area contributed by atoms with Crippen molar-refractivity contribution in [2.45, 2.75) is 51.4 Å². The Hall–Kier alpha value is -4.37. The molecule has 216 valence electrons. The van der Waals surface area contributed by atoms with Crippen LogP contribution in [0, 0.1) is 0 Å². The van der Waals surface area contributed by atoms with Crippen molar-refractivity contribution in [2.24, 2.45) is 0 Å². The van der Waals surface area contributed by atoms with Gasteiger partial charge in [0, 0.05) is 5.92 Å². The molecule has 0 bridgehead atoms. The highest BCUT2D eigenvalue weighted by molar-refractivity contribution is 5.82. The molecule has 3 aromatic rings. The highest BCUT2D eigenvalue weighted by Gasteiger charge is 2.31. The Morgan fingerprint density at radius 3 is 2.02 bits per heavy atom. The van der Waals surface area contributed by atoms with E-state index < -0.39 is 29.8 Å². The molecule has 41 heavy (non-hydrogen) atoms. The standard InChI is InChI=1S/C32H36N2O7/c1-32(2,3)41-31(37)34(38-4)19-18-28(29(35)39-20-22-12-6-5-7-13-22)33-30(36)40-21-27-25-16-10-8-14-23(25)24-15-9-11-17-26(24)27/h5-17,27-28H,18-21H2,1-4H3,(H,33,36)/t28-/m0/s1. The van der Waals surface area contributed by atoms with Gasteiger partial charge in [-0.05, 0) is 55.0 Å². The summed E-state index contributed by atoms with van der Waals surface area (Å²) in [5.74, 6) is -0.796. The van der Waals surface area contributed by atoms with E-state index in [1.54, 1.807) is 20.8 Å². The number of fused-ring (bicyclic) bond motifs is 3. The van der Waals surface area contributed by atoms with Gasteiger partial charge in [-0.3, -0.25) is 4.84 Å². The van der Waals surface area contributed by atoms with Crippen LogP contribution in [0.25, 0.3) is 11.1 Å². The number of benzene rings is 3. The fraction of sp³-hybridized carbons (Fsp3) is 0.344. The van der Waals surface area contributed by atoms with Gasteiger partial charge in [0.05, 0.1) is 13.7 Å². The molecule has 4 rings (SSSR count). The summed E-state index contributed by atoms with van der Waals surface area (Å²) in [5.41, 5.74) is 4.44. The second kappa shape index (κ2) is 13.3. The van der Waals surface area contributed by atoms with E-state index in [0.717, 1.165) is 32.9 Å². The molecule has 1 N–H and O–H groups in total. The molecule has 0 saturated heterocycles. The summed E-state index contributed by atoms with van der Waals surface area (Å²) in [6, 6.07) is 24.2. The van der Waals surface area contributed by atoms with E-state index in [1.165, 1.54) is 7.11 Å². The first kappa shape index (κ1) is 29.6. The van der Waals surface area contributed by atoms with Crippen molar-refractivity contribution in [3.63, 3.8) is 0 Å². The van der Waals surface area contributed by atoms with Crippen molar-refractivity contribution in [1.29, 1.82) is 0 Å². The molecule has 1 aliphatic rings. The number of rotatable bonds is 10. The van der Waals surface area contributed by atoms with E-state index in [9.17, 15) is 14.4 Å². The normalized spacial score (nSPS) is 13.0. The zero-order valence-electron chi connectivity index (χ0n) is 23.8. The molecule has 0 aromatic heterocycles. The van der Waals surface area contributed by atoms with Crippen molar-refractivity contribution in [3.8, 4) is 11.1 Å². The Morgan fingerprint density at radius 2 is 1.44 bits per heavy atom. The summed E-state index contributed by atoms with van der Waals surface area (Å²) in [6.07, 6.45) is -1.47. The quantitative estimate of drug-likeness (QED) is 0.189. The molecule has 0 heterocycles. The van der Waals surface area contributed by atoms with E-state index >= 15 is 0 Å². The maximum atomic E-state index is 13.1. The topological polar surface area (TPSA) is 103 Å². The number of hydroxylamine groups is 2. The molecule has 3 aromatic carbocycles. The van der Waals surface area contributed by atoms with Crippen LogP contribution in [-0.2, 0) is 30.4 Å². The van der Waals surface area contributed by atoms with Gasteiger partial charge < -0.3 is 19.5 Å². The lowest BCUT2D eigenvalue weighted by Crippen LogP contribution is -2.45. The molecule has 9 nitrogen and oxygen atoms in total. The molecular weight excluding hydrogens is 524 g/mol. The maximum Gasteiger partial charge on any atom is 0.434 e. The predicted octanol–water partition coefficient (Wildman–Crippen LogP) is 5.83. The molecular formula is C32H36N2O7. The van der Waals surface area contributed by atoms with Crippen molar-refractivity contribution in [1.82, 2.24) is 10.4 Å². The van der Waals surface area contributed by atoms with Gasteiger partial charge in [-0.1, -0.05) is 78.9 Å². The van der Waals surface area contributed by atoms with Crippen LogP contribution in [0.2, 0.25) is 0 Å². The number of nitrogens with zero attached hydrogens (tertiary/aromatic N) is 1. The Morgan fingerprint density at radius 1 is 0.854 bits per heavy atom. The molecule has 0 spiro atoms. The van der Waals surface area contributed by atoms with Crippen LogP contribution in [-0.4, -0.2) is 55.1 Å². The lowest BCUT2D eigenvalue weighted by molar-refractivity contribution is -0.150. The zero-order chi connectivity index (χ0) is 29.4. The van der Waals surface area contributed by atoms with Crippen LogP contribution in [0.5, 0.6) is 0 Å². The smallest absolute Gasteiger partial charge is 0.434 e. The first-order chi connectivity index (χ1) is 19.7. The second-order valence-electron chi connectivity index (χ2n) is 10.7. The van der Waals surface area contributed by atoms with Crippen LogP contribution in [0.3, 0.4) is 0 Å². The van der Waals surface area contributed by atoms with Crippen molar-refractivity contribution in [3.05, 3.63) is 95.6 Å². The highest BCUT2D eigenvalue weighted by Crippen LogP contribution is 2.44. The Kier molecular flexibility index (Phi) is 9.62. The third-order valence-corrected chi connectivity index (χ3v) is 6.58. The van der Waals surface area contributed by atoms with E-state index in [4.69, 9.17) is 19.0 Å². The van der Waals surface area contributed by atoms with Gasteiger partial charge >= 0.3 is 18.2 Å². The van der Waals surface area contributed by atoms with Gasteiger partial charge in [0.2, 0.25) is 0 Å². The number of carbonyl (C=O) groups excluding carboxylic acids is 3. The summed E-state index contributed by atoms with van der Waals surface area (Å²) in [5, 5.41) is 3.61. The van der Waals surface area contributed by atoms with Gasteiger partial charge in [0.1, 0.15) is 24.9 Å². The SMILES string of the molecule is CON(CC[C@H](NC(=O)OCC1c2ccccc2-c2ccccc21)C(=O)OCc1ccccc1)C(=O)OC(C)(C)C. The number of ether oxygens (including phenoxy) is 3. The molecule has 9 heteroatoms. The first-order valence-corrected chi connectivity index (χ1v) is 13.5. The van der Waals surface area contributed by atoms with Crippen molar-refractivity contribution >= 4 is 18.2 Å². The Bertz CT molecular complexity index is 1310. The summed E-state index contributed by atoms with van der Waals surface area (Å²) in [4.78, 5) is 43.7. The summed E-state index contributed by atoms with van der Waals surface area (Å²) in [7, 11) is 1.33. The van der Waals surface area contributed by atoms with Crippen LogP contribution in [0.4, 0.5) is 9.59 Å². The number of alkyl carbamates (subject to hydrolysis) is 1. The molecule has 1 atom stereocenters. The average Bonchev–Trinajstić information content (AvgIpc) is 3.27. The lowest BCUT2D eigenvalue weighted by Gasteiger charge is -2.26. The summed E-state index contributed by atoms with van der Waals surface area (Å²) < 4.78 is 16.5. The maximum absolute atomic E-state index is 13.1. The fourth-order valence-electron chi connectivity index (χ4n) is 4.68. The third kappa shape index (κ3) is 7.85. The van der Waals surface area contributed by atoms with Crippen LogP contribution in [0.15, 0.2) is 78.9 Å². The molecule has 0 saturated carbocycles. The number of esters is 1. The van der Waals surface area contributed by atoms with E-state index in [1.807, 2.05) is 66.7 Å². The predicted molar refractivity (Wildman–Crippen MR) is 153 cm³/mol. The molecule has 0 unspecified atom stereocenters. The number of amides is 2. The van der Waals surface area contributed by atoms with E-state index in [0.29, 0.717) is 0 Å². The van der Waals surface area contributed by atoms with Crippen LogP contribution in [0.1, 0.15) is 49.8 Å². The van der Waals surface area contributed by atoms with Gasteiger partial charge in [-0.25, -0.2) is 14.4 Å². The minimum absolute atomic E-state index is 0.00486. The van der Waals surface area contributed by atoms with Crippen molar-refractivity contribution < 1.29 is 33.4 Å². The zero-order valence-corrected chi connectivity index (χ0v) is 23.8. The third-order valence-electron chi connectivity index (χ3n) is 6.58. The lowest BCUT2D eigenvalue weighted by atomic mass is 9.98. The molecule has 1 aliphatic carbocycles. The van der Waals surface area contributed by atoms with E-state index in [2.05, 4.69) is 17.4 Å². The minimum Gasteiger partial charge on any atom is -0.459 e. The Labute approximate surface area is 240 Å². The van der Waals surface area contributed by atoms with Gasteiger partial charge in [-0.2, -0.15) is 5.06 Å². The minimum atomic E-state index is -1.10. The molecule has 2 amide bonds. The first-order valence-electron chi connectivity index (χ1n) is 13.5. The number of nitrogens with one attached hydrogen (secondary N) is 1. The van der Waals surface area contributed by atoms with Crippen molar-refractivity contribution in [2.75, 3.05) is 20.3 Å².